The van der Waals surface area contributed by atoms with E-state index in [1.807, 2.05) is 23.1 Å². The monoisotopic (exact) mass is 437 g/mol. The molecular weight excluding hydrogens is 414 g/mol. The molecule has 7 heteroatoms. The Morgan fingerprint density at radius 3 is 3.03 bits per heavy atom. The summed E-state index contributed by atoms with van der Waals surface area (Å²) in [6.45, 7) is 6.27. The van der Waals surface area contributed by atoms with Gasteiger partial charge in [-0.05, 0) is 49.8 Å². The third kappa shape index (κ3) is 3.11. The zero-order valence-electron chi connectivity index (χ0n) is 16.9. The number of rotatable bonds is 5. The van der Waals surface area contributed by atoms with Crippen LogP contribution in [0, 0.1) is 0 Å². The third-order valence-corrected chi connectivity index (χ3v) is 8.05. The molecule has 1 unspecified atom stereocenters. The van der Waals surface area contributed by atoms with Crippen LogP contribution in [-0.4, -0.2) is 27.3 Å². The van der Waals surface area contributed by atoms with Crippen LogP contribution in [0.3, 0.4) is 0 Å². The van der Waals surface area contributed by atoms with Crippen LogP contribution in [0.2, 0.25) is 0 Å². The first-order valence-electron chi connectivity index (χ1n) is 10.3. The number of aromatic nitrogens is 2. The van der Waals surface area contributed by atoms with Gasteiger partial charge < -0.3 is 4.90 Å². The minimum Gasteiger partial charge on any atom is -0.308 e. The first kappa shape index (κ1) is 19.6. The average molecular weight is 438 g/mol. The maximum Gasteiger partial charge on any atom is 0.263 e. The summed E-state index contributed by atoms with van der Waals surface area (Å²) in [7, 11) is 0. The zero-order valence-corrected chi connectivity index (χ0v) is 18.5. The molecule has 1 atom stereocenters. The van der Waals surface area contributed by atoms with E-state index in [0.717, 1.165) is 41.6 Å². The van der Waals surface area contributed by atoms with Gasteiger partial charge in [-0.25, -0.2) is 4.98 Å². The van der Waals surface area contributed by atoms with Gasteiger partial charge in [-0.15, -0.1) is 17.9 Å². The fourth-order valence-corrected chi connectivity index (χ4v) is 6.77. The summed E-state index contributed by atoms with van der Waals surface area (Å²) in [5.41, 5.74) is 3.38. The highest BCUT2D eigenvalue weighted by atomic mass is 32.2. The third-order valence-electron chi connectivity index (χ3n) is 5.90. The average Bonchev–Trinajstić information content (AvgIpc) is 3.40. The first-order chi connectivity index (χ1) is 14.6. The van der Waals surface area contributed by atoms with Gasteiger partial charge in [0.2, 0.25) is 5.91 Å². The molecule has 0 spiro atoms. The molecule has 0 radical (unpaired) electrons. The molecule has 1 aromatic carbocycles. The molecule has 3 aromatic rings. The summed E-state index contributed by atoms with van der Waals surface area (Å²) in [6, 6.07) is 8.21. The van der Waals surface area contributed by atoms with E-state index < -0.39 is 0 Å². The van der Waals surface area contributed by atoms with Gasteiger partial charge in [-0.3, -0.25) is 14.2 Å². The highest BCUT2D eigenvalue weighted by Crippen LogP contribution is 2.36. The maximum absolute atomic E-state index is 13.2. The molecule has 154 valence electrons. The fourth-order valence-electron chi connectivity index (χ4n) is 4.60. The van der Waals surface area contributed by atoms with Crippen molar-refractivity contribution in [1.29, 1.82) is 0 Å². The summed E-state index contributed by atoms with van der Waals surface area (Å²) in [5, 5.41) is 1.37. The van der Waals surface area contributed by atoms with E-state index in [4.69, 9.17) is 4.98 Å². The number of aryl methyl sites for hydroxylation is 2. The molecule has 1 aliphatic heterocycles. The Morgan fingerprint density at radius 2 is 2.20 bits per heavy atom. The molecule has 0 N–H and O–H groups in total. The topological polar surface area (TPSA) is 55.2 Å². The van der Waals surface area contributed by atoms with Crippen molar-refractivity contribution in [3.8, 4) is 0 Å². The molecule has 0 saturated carbocycles. The molecule has 3 heterocycles. The molecule has 2 aromatic heterocycles. The molecule has 30 heavy (non-hydrogen) atoms. The zero-order chi connectivity index (χ0) is 20.8. The summed E-state index contributed by atoms with van der Waals surface area (Å²) >= 11 is 2.98. The normalized spacial score (nSPS) is 17.4. The number of benzene rings is 1. The minimum atomic E-state index is -0.00543. The molecular formula is C23H23N3O2S2. The van der Waals surface area contributed by atoms with Gasteiger partial charge in [0.05, 0.1) is 11.1 Å². The second-order valence-corrected chi connectivity index (χ2v) is 9.90. The number of carbonyl (C=O) groups excluding carboxylic acids is 1. The van der Waals surface area contributed by atoms with Gasteiger partial charge in [-0.1, -0.05) is 36.0 Å². The lowest BCUT2D eigenvalue weighted by Gasteiger charge is -2.22. The van der Waals surface area contributed by atoms with Crippen molar-refractivity contribution in [2.75, 3.05) is 10.7 Å². The Kier molecular flexibility index (Phi) is 5.03. The van der Waals surface area contributed by atoms with Crippen molar-refractivity contribution in [2.45, 2.75) is 50.4 Å². The quantitative estimate of drug-likeness (QED) is 0.341. The van der Waals surface area contributed by atoms with Crippen LogP contribution in [-0.2, 0) is 30.6 Å². The van der Waals surface area contributed by atoms with Crippen LogP contribution in [0.4, 0.5) is 5.69 Å². The van der Waals surface area contributed by atoms with Crippen molar-refractivity contribution < 1.29 is 4.79 Å². The van der Waals surface area contributed by atoms with Gasteiger partial charge in [0.25, 0.3) is 5.56 Å². The fraction of sp³-hybridized carbons (Fsp3) is 0.348. The molecule has 5 rings (SSSR count). The van der Waals surface area contributed by atoms with Gasteiger partial charge >= 0.3 is 0 Å². The molecule has 1 amide bonds. The Morgan fingerprint density at radius 1 is 1.37 bits per heavy atom. The van der Waals surface area contributed by atoms with E-state index in [-0.39, 0.29) is 23.3 Å². The molecule has 1 aliphatic carbocycles. The van der Waals surface area contributed by atoms with Crippen molar-refractivity contribution >= 4 is 44.9 Å². The predicted molar refractivity (Wildman–Crippen MR) is 124 cm³/mol. The lowest BCUT2D eigenvalue weighted by atomic mass is 10.1. The molecule has 2 aliphatic rings. The van der Waals surface area contributed by atoms with Gasteiger partial charge in [-0.2, -0.15) is 0 Å². The van der Waals surface area contributed by atoms with Crippen molar-refractivity contribution in [2.24, 2.45) is 0 Å². The van der Waals surface area contributed by atoms with Gasteiger partial charge in [0, 0.05) is 23.2 Å². The van der Waals surface area contributed by atoms with Crippen molar-refractivity contribution in [3.63, 3.8) is 0 Å². The number of hydrogen-bond acceptors (Lipinski definition) is 5. The Balaban J connectivity index is 1.45. The van der Waals surface area contributed by atoms with Gasteiger partial charge in [0.1, 0.15) is 4.83 Å². The van der Waals surface area contributed by atoms with E-state index >= 15 is 0 Å². The van der Waals surface area contributed by atoms with Crippen LogP contribution >= 0.6 is 23.1 Å². The highest BCUT2D eigenvalue weighted by Gasteiger charge is 2.31. The lowest BCUT2D eigenvalue weighted by Crippen LogP contribution is -2.37. The number of thiophene rings is 1. The van der Waals surface area contributed by atoms with Gasteiger partial charge in [0.15, 0.2) is 5.16 Å². The van der Waals surface area contributed by atoms with E-state index in [2.05, 4.69) is 19.6 Å². The predicted octanol–water partition coefficient (Wildman–Crippen LogP) is 4.20. The number of fused-ring (bicyclic) bond motifs is 4. The summed E-state index contributed by atoms with van der Waals surface area (Å²) in [4.78, 5) is 35.1. The summed E-state index contributed by atoms with van der Waals surface area (Å²) in [6.07, 6.45) is 5.69. The number of hydrogen-bond donors (Lipinski definition) is 0. The van der Waals surface area contributed by atoms with Crippen LogP contribution in [0.5, 0.6) is 0 Å². The summed E-state index contributed by atoms with van der Waals surface area (Å²) < 4.78 is 1.67. The molecule has 0 saturated heterocycles. The highest BCUT2D eigenvalue weighted by molar-refractivity contribution is 7.99. The largest absolute Gasteiger partial charge is 0.308 e. The lowest BCUT2D eigenvalue weighted by molar-refractivity contribution is -0.116. The van der Waals surface area contributed by atoms with Crippen molar-refractivity contribution in [1.82, 2.24) is 9.55 Å². The number of allylic oxidation sites excluding steroid dienone is 1. The van der Waals surface area contributed by atoms with Crippen LogP contribution in [0.25, 0.3) is 10.2 Å². The first-order valence-corrected chi connectivity index (χ1v) is 12.1. The maximum atomic E-state index is 13.2. The number of anilines is 1. The Bertz CT molecular complexity index is 1230. The van der Waals surface area contributed by atoms with E-state index in [1.54, 1.807) is 22.0 Å². The smallest absolute Gasteiger partial charge is 0.263 e. The molecule has 0 bridgehead atoms. The second-order valence-electron chi connectivity index (χ2n) is 7.87. The Hall–Kier alpha value is -2.38. The molecule has 5 nitrogen and oxygen atoms in total. The van der Waals surface area contributed by atoms with Crippen LogP contribution in [0.15, 0.2) is 46.9 Å². The SMILES string of the molecule is C=CCn1c(SCC(=O)N2c3ccccc3CC2C)nc2sc3c(c2c1=O)CCC3. The molecule has 0 fully saturated rings. The number of nitrogens with zero attached hydrogens (tertiary/aromatic N) is 3. The second kappa shape index (κ2) is 7.71. The van der Waals surface area contributed by atoms with Crippen LogP contribution in [0.1, 0.15) is 29.3 Å². The number of para-hydroxylation sites is 1. The minimum absolute atomic E-state index is 0.00543. The van der Waals surface area contributed by atoms with Crippen LogP contribution < -0.4 is 10.5 Å². The van der Waals surface area contributed by atoms with E-state index in [9.17, 15) is 9.59 Å². The number of amides is 1. The Labute approximate surface area is 183 Å². The summed E-state index contributed by atoms with van der Waals surface area (Å²) in [5.74, 6) is 0.296. The standard InChI is InChI=1S/C23H23N3O2S2/c1-3-11-25-22(28)20-16-8-6-10-18(16)30-21(20)24-23(25)29-13-19(27)26-14(2)12-15-7-4-5-9-17(15)26/h3-5,7,9,14H,1,6,8,10-13H2,2H3. The number of thioether (sulfide) groups is 1. The van der Waals surface area contributed by atoms with Crippen molar-refractivity contribution in [3.05, 3.63) is 63.3 Å². The van der Waals surface area contributed by atoms with E-state index in [1.165, 1.54) is 27.8 Å². The number of carbonyl (C=O) groups is 1. The van der Waals surface area contributed by atoms with E-state index in [0.29, 0.717) is 11.7 Å².